The van der Waals surface area contributed by atoms with Crippen LogP contribution in [-0.4, -0.2) is 67.6 Å². The molecular weight excluding hydrogens is 560 g/mol. The van der Waals surface area contributed by atoms with Gasteiger partial charge < -0.3 is 15.8 Å². The van der Waals surface area contributed by atoms with E-state index in [2.05, 4.69) is 10.3 Å². The van der Waals surface area contributed by atoms with Crippen LogP contribution in [0.1, 0.15) is 74.8 Å². The molecule has 1 aromatic carbocycles. The third-order valence-corrected chi connectivity index (χ3v) is 11.7. The summed E-state index contributed by atoms with van der Waals surface area (Å²) in [5.74, 6) is 1.10. The number of rotatable bonds is 10. The van der Waals surface area contributed by atoms with Crippen LogP contribution in [0.4, 0.5) is 0 Å². The fourth-order valence-electron chi connectivity index (χ4n) is 7.14. The minimum Gasteiger partial charge on any atom is -0.481 e. The summed E-state index contributed by atoms with van der Waals surface area (Å²) in [4.78, 5) is 18.2. The number of ether oxygens (including phenoxy) is 1. The number of halogens is 1. The molecule has 1 aliphatic carbocycles. The average molecular weight is 603 g/mol. The number of nitrogens with two attached hydrogens (primary N) is 1. The van der Waals surface area contributed by atoms with Gasteiger partial charge in [0.25, 0.3) is 0 Å². The van der Waals surface area contributed by atoms with Crippen LogP contribution in [0.5, 0.6) is 5.88 Å². The molecule has 1 saturated carbocycles. The Morgan fingerprint density at radius 2 is 1.80 bits per heavy atom. The van der Waals surface area contributed by atoms with E-state index in [9.17, 15) is 13.2 Å². The number of ketones is 1. The summed E-state index contributed by atoms with van der Waals surface area (Å²) in [6.45, 7) is 1.30. The smallest absolute Gasteiger partial charge is 0.214 e. The zero-order valence-corrected chi connectivity index (χ0v) is 25.5. The number of methoxy groups -OCH3 is 1. The van der Waals surface area contributed by atoms with Gasteiger partial charge in [-0.05, 0) is 67.2 Å². The summed E-state index contributed by atoms with van der Waals surface area (Å²) in [7, 11) is -1.63. The zero-order valence-electron chi connectivity index (χ0n) is 23.9. The molecule has 2 bridgehead atoms. The number of pyridine rings is 1. The van der Waals surface area contributed by atoms with Gasteiger partial charge in [0.15, 0.2) is 5.78 Å². The SMILES string of the molecule is COc1ccc([C@H](c2ccc(Cl)cc2)[C@H](N)C(=O)C[C@H]2CCCC[C@@H]2CC[C@H]2CN[C@@H]3CCCS(=O)(=O)N2C3)cn1. The number of carbonyl (C=O) groups excluding carboxylic acids is 1. The van der Waals surface area contributed by atoms with Crippen LogP contribution in [0.3, 0.4) is 0 Å². The first-order valence-corrected chi connectivity index (χ1v) is 17.0. The van der Waals surface area contributed by atoms with Gasteiger partial charge in [0.1, 0.15) is 0 Å². The Morgan fingerprint density at radius 3 is 2.51 bits per heavy atom. The quantitative estimate of drug-likeness (QED) is 0.411. The molecule has 2 aromatic rings. The molecule has 3 fully saturated rings. The van der Waals surface area contributed by atoms with Crippen molar-refractivity contribution in [3.8, 4) is 5.88 Å². The van der Waals surface area contributed by atoms with E-state index in [1.54, 1.807) is 23.7 Å². The van der Waals surface area contributed by atoms with Crippen LogP contribution < -0.4 is 15.8 Å². The lowest BCUT2D eigenvalue weighted by Gasteiger charge is -2.39. The Labute approximate surface area is 249 Å². The van der Waals surface area contributed by atoms with Gasteiger partial charge in [0.2, 0.25) is 15.9 Å². The third kappa shape index (κ3) is 7.31. The molecule has 0 spiro atoms. The molecule has 2 saturated heterocycles. The summed E-state index contributed by atoms with van der Waals surface area (Å²) in [5, 5.41) is 4.21. The Balaban J connectivity index is 1.27. The van der Waals surface area contributed by atoms with Crippen molar-refractivity contribution in [1.29, 1.82) is 0 Å². The molecule has 7 atom stereocenters. The highest BCUT2D eigenvalue weighted by atomic mass is 35.5. The van der Waals surface area contributed by atoms with Crippen LogP contribution in [0.15, 0.2) is 42.6 Å². The molecule has 5 rings (SSSR count). The molecule has 224 valence electrons. The lowest BCUT2D eigenvalue weighted by atomic mass is 9.72. The predicted octanol–water partition coefficient (Wildman–Crippen LogP) is 4.51. The highest BCUT2D eigenvalue weighted by Crippen LogP contribution is 2.38. The summed E-state index contributed by atoms with van der Waals surface area (Å²) in [6, 6.07) is 10.7. The minimum atomic E-state index is -3.21. The molecule has 3 N–H and O–H groups in total. The summed E-state index contributed by atoms with van der Waals surface area (Å²) in [5.41, 5.74) is 8.54. The first-order chi connectivity index (χ1) is 19.7. The van der Waals surface area contributed by atoms with Crippen LogP contribution in [0, 0.1) is 11.8 Å². The molecule has 0 radical (unpaired) electrons. The average Bonchev–Trinajstić information content (AvgIpc) is 3.09. The topological polar surface area (TPSA) is 115 Å². The van der Waals surface area contributed by atoms with Crippen molar-refractivity contribution >= 4 is 27.4 Å². The van der Waals surface area contributed by atoms with E-state index >= 15 is 0 Å². The van der Waals surface area contributed by atoms with Crippen LogP contribution in [0.2, 0.25) is 5.02 Å². The van der Waals surface area contributed by atoms with Crippen molar-refractivity contribution in [2.75, 3.05) is 26.0 Å². The van der Waals surface area contributed by atoms with Crippen molar-refractivity contribution in [2.45, 2.75) is 81.8 Å². The minimum absolute atomic E-state index is 0.00765. The maximum Gasteiger partial charge on any atom is 0.214 e. The van der Waals surface area contributed by atoms with Gasteiger partial charge in [-0.2, -0.15) is 4.31 Å². The number of aromatic nitrogens is 1. The van der Waals surface area contributed by atoms with Gasteiger partial charge in [0, 0.05) is 54.8 Å². The second-order valence-corrected chi connectivity index (χ2v) is 14.5. The van der Waals surface area contributed by atoms with E-state index in [0.29, 0.717) is 36.3 Å². The van der Waals surface area contributed by atoms with Crippen molar-refractivity contribution in [3.63, 3.8) is 0 Å². The number of fused-ring (bicyclic) bond motifs is 2. The monoisotopic (exact) mass is 602 g/mol. The van der Waals surface area contributed by atoms with Gasteiger partial charge in [-0.15, -0.1) is 0 Å². The van der Waals surface area contributed by atoms with Crippen LogP contribution in [-0.2, 0) is 14.8 Å². The van der Waals surface area contributed by atoms with E-state index in [1.807, 2.05) is 30.3 Å². The Morgan fingerprint density at radius 1 is 1.07 bits per heavy atom. The fraction of sp³-hybridized carbons (Fsp3) is 0.613. The fourth-order valence-corrected chi connectivity index (χ4v) is 9.07. The van der Waals surface area contributed by atoms with E-state index in [0.717, 1.165) is 62.5 Å². The second kappa shape index (κ2) is 13.5. The summed E-state index contributed by atoms with van der Waals surface area (Å²) < 4.78 is 32.9. The molecule has 3 heterocycles. The van der Waals surface area contributed by atoms with Gasteiger partial charge in [0.05, 0.1) is 18.9 Å². The van der Waals surface area contributed by atoms with E-state index in [1.165, 1.54) is 0 Å². The first kappa shape index (κ1) is 30.4. The molecule has 1 aromatic heterocycles. The van der Waals surface area contributed by atoms with Gasteiger partial charge in [-0.1, -0.05) is 49.1 Å². The lowest BCUT2D eigenvalue weighted by molar-refractivity contribution is -0.122. The number of sulfonamides is 1. The Bertz CT molecular complexity index is 1270. The summed E-state index contributed by atoms with van der Waals surface area (Å²) in [6.07, 6.45) is 9.90. The van der Waals surface area contributed by atoms with Crippen molar-refractivity contribution in [1.82, 2.24) is 14.6 Å². The maximum atomic E-state index is 13.8. The highest BCUT2D eigenvalue weighted by molar-refractivity contribution is 7.89. The van der Waals surface area contributed by atoms with E-state index in [-0.39, 0.29) is 35.5 Å². The zero-order chi connectivity index (χ0) is 29.0. The summed E-state index contributed by atoms with van der Waals surface area (Å²) >= 11 is 6.16. The molecule has 10 heteroatoms. The number of nitrogens with zero attached hydrogens (tertiary/aromatic N) is 2. The van der Waals surface area contributed by atoms with E-state index < -0.39 is 16.1 Å². The van der Waals surface area contributed by atoms with Crippen LogP contribution >= 0.6 is 11.6 Å². The van der Waals surface area contributed by atoms with E-state index in [4.69, 9.17) is 22.1 Å². The molecular formula is C31H43ClN4O4S. The number of hydrogen-bond donors (Lipinski definition) is 2. The van der Waals surface area contributed by atoms with Gasteiger partial charge in [-0.3, -0.25) is 4.79 Å². The number of nitrogens with one attached hydrogen (secondary N) is 1. The first-order valence-electron chi connectivity index (χ1n) is 15.0. The highest BCUT2D eigenvalue weighted by Gasteiger charge is 2.39. The molecule has 1 unspecified atom stereocenters. The Hall–Kier alpha value is -2.04. The van der Waals surface area contributed by atoms with Crippen LogP contribution in [0.25, 0.3) is 0 Å². The lowest BCUT2D eigenvalue weighted by Crippen LogP contribution is -2.57. The molecule has 3 aliphatic rings. The Kier molecular flexibility index (Phi) is 10.0. The van der Waals surface area contributed by atoms with Crippen molar-refractivity contribution < 1.29 is 17.9 Å². The second-order valence-electron chi connectivity index (χ2n) is 12.0. The maximum absolute atomic E-state index is 13.8. The normalized spacial score (nSPS) is 29.2. The standard InChI is InChI=1S/C31H43ClN4O4S/c1-40-29-15-11-24(18-35-29)30(22-8-12-25(32)13-9-22)31(33)28(37)17-23-6-3-2-5-21(23)10-14-27-19-34-26-7-4-16-41(38,39)36(27)20-26/h8-9,11-13,15,18,21,23,26-27,30-31,34H,2-7,10,14,16-17,19-20,33H2,1H3/t21-,23-,26-,27+,30+,31-/m1/s1. The number of benzene rings is 1. The predicted molar refractivity (Wildman–Crippen MR) is 162 cm³/mol. The number of Topliss-reactive ketones (excluding diaryl/α,β-unsaturated/α-hetero) is 1. The third-order valence-electron chi connectivity index (χ3n) is 9.45. The van der Waals surface area contributed by atoms with Crippen molar-refractivity contribution in [3.05, 3.63) is 58.7 Å². The largest absolute Gasteiger partial charge is 0.481 e. The van der Waals surface area contributed by atoms with Gasteiger partial charge in [-0.25, -0.2) is 13.4 Å². The molecule has 41 heavy (non-hydrogen) atoms. The van der Waals surface area contributed by atoms with Gasteiger partial charge >= 0.3 is 0 Å². The van der Waals surface area contributed by atoms with Crippen molar-refractivity contribution in [2.24, 2.45) is 17.6 Å². The molecule has 2 aliphatic heterocycles. The number of hydrogen-bond acceptors (Lipinski definition) is 7. The number of piperazine rings is 1. The number of carbonyl (C=O) groups is 1. The molecule has 8 nitrogen and oxygen atoms in total. The molecule has 0 amide bonds.